The van der Waals surface area contributed by atoms with Gasteiger partial charge in [-0.3, -0.25) is 0 Å². The minimum absolute atomic E-state index is 0.385. The van der Waals surface area contributed by atoms with E-state index in [1.165, 1.54) is 12.6 Å². The third-order valence-corrected chi connectivity index (χ3v) is 4.99. The number of fused-ring (bicyclic) bond motifs is 1. The highest BCUT2D eigenvalue weighted by Gasteiger charge is 2.29. The minimum atomic E-state index is 0.385. The van der Waals surface area contributed by atoms with Gasteiger partial charge in [0.05, 0.1) is 5.69 Å². The summed E-state index contributed by atoms with van der Waals surface area (Å²) in [7, 11) is 0. The maximum absolute atomic E-state index is 6.12. The van der Waals surface area contributed by atoms with Crippen LogP contribution < -0.4 is 11.5 Å². The molecule has 4 N–H and O–H groups in total. The van der Waals surface area contributed by atoms with Crippen molar-refractivity contribution >= 4 is 17.2 Å². The maximum atomic E-state index is 6.12. The summed E-state index contributed by atoms with van der Waals surface area (Å²) >= 11 is 0. The molecule has 124 valence electrons. The summed E-state index contributed by atoms with van der Waals surface area (Å²) in [5.74, 6) is 2.32. The maximum Gasteiger partial charge on any atom is 0.158 e. The molecule has 2 heterocycles. The largest absolute Gasteiger partial charge is 0.454 e. The zero-order valence-electron chi connectivity index (χ0n) is 13.8. The standard InChI is InChI=1S/C19H22N4O/c1-12-14-7-2-3-8-16(14)24-18(12)17-15(11-21)23(10-9-20)19(22-17)13-5-4-6-13/h2-3,7-10,13H,4-6,11,20-21H2,1H3/b10-9-. The molecule has 1 aliphatic rings. The summed E-state index contributed by atoms with van der Waals surface area (Å²) in [5, 5.41) is 1.12. The van der Waals surface area contributed by atoms with Gasteiger partial charge in [-0.05, 0) is 25.8 Å². The zero-order chi connectivity index (χ0) is 16.7. The lowest BCUT2D eigenvalue weighted by atomic mass is 9.85. The number of nitrogens with two attached hydrogens (primary N) is 2. The highest BCUT2D eigenvalue weighted by atomic mass is 16.3. The molecule has 1 aromatic carbocycles. The molecule has 0 bridgehead atoms. The smallest absolute Gasteiger partial charge is 0.158 e. The Morgan fingerprint density at radius 1 is 1.33 bits per heavy atom. The van der Waals surface area contributed by atoms with Crippen molar-refractivity contribution in [1.29, 1.82) is 0 Å². The molecule has 0 spiro atoms. The third kappa shape index (κ3) is 2.16. The van der Waals surface area contributed by atoms with E-state index in [0.717, 1.165) is 52.3 Å². The second-order valence-electron chi connectivity index (χ2n) is 6.36. The molecule has 1 saturated carbocycles. The van der Waals surface area contributed by atoms with E-state index in [9.17, 15) is 0 Å². The molecule has 24 heavy (non-hydrogen) atoms. The Morgan fingerprint density at radius 3 is 2.75 bits per heavy atom. The minimum Gasteiger partial charge on any atom is -0.454 e. The Morgan fingerprint density at radius 2 is 2.12 bits per heavy atom. The van der Waals surface area contributed by atoms with Crippen molar-refractivity contribution in [3.05, 3.63) is 47.5 Å². The zero-order valence-corrected chi connectivity index (χ0v) is 13.8. The fraction of sp³-hybridized carbons (Fsp3) is 0.316. The number of benzene rings is 1. The lowest BCUT2D eigenvalue weighted by Gasteiger charge is -2.24. The summed E-state index contributed by atoms with van der Waals surface area (Å²) in [6.45, 7) is 2.46. The van der Waals surface area contributed by atoms with Gasteiger partial charge in [0.25, 0.3) is 0 Å². The fourth-order valence-corrected chi connectivity index (χ4v) is 3.47. The average Bonchev–Trinajstić information content (AvgIpc) is 3.05. The number of aromatic nitrogens is 2. The van der Waals surface area contributed by atoms with Crippen LogP contribution in [0.5, 0.6) is 0 Å². The van der Waals surface area contributed by atoms with Crippen LogP contribution in [0.2, 0.25) is 0 Å². The van der Waals surface area contributed by atoms with E-state index in [1.54, 1.807) is 0 Å². The van der Waals surface area contributed by atoms with E-state index in [0.29, 0.717) is 12.5 Å². The molecule has 0 saturated heterocycles. The van der Waals surface area contributed by atoms with E-state index >= 15 is 0 Å². The Hall–Kier alpha value is -2.53. The van der Waals surface area contributed by atoms with Crippen molar-refractivity contribution < 1.29 is 4.42 Å². The molecule has 2 aromatic heterocycles. The molecule has 4 rings (SSSR count). The van der Waals surface area contributed by atoms with Crippen molar-refractivity contribution in [1.82, 2.24) is 9.55 Å². The summed E-state index contributed by atoms with van der Waals surface area (Å²) in [5.41, 5.74) is 15.5. The predicted molar refractivity (Wildman–Crippen MR) is 96.2 cm³/mol. The number of hydrogen-bond acceptors (Lipinski definition) is 4. The van der Waals surface area contributed by atoms with Crippen LogP contribution in [-0.2, 0) is 6.54 Å². The van der Waals surface area contributed by atoms with Gasteiger partial charge in [-0.15, -0.1) is 0 Å². The number of hydrogen-bond donors (Lipinski definition) is 2. The number of furan rings is 1. The monoisotopic (exact) mass is 322 g/mol. The molecule has 0 aliphatic heterocycles. The van der Waals surface area contributed by atoms with Crippen LogP contribution in [-0.4, -0.2) is 9.55 Å². The van der Waals surface area contributed by atoms with Gasteiger partial charge in [-0.1, -0.05) is 24.6 Å². The van der Waals surface area contributed by atoms with E-state index in [2.05, 4.69) is 13.0 Å². The van der Waals surface area contributed by atoms with E-state index < -0.39 is 0 Å². The molecular formula is C19H22N4O. The van der Waals surface area contributed by atoms with Crippen LogP contribution in [0.4, 0.5) is 0 Å². The third-order valence-electron chi connectivity index (χ3n) is 4.99. The molecule has 0 unspecified atom stereocenters. The van der Waals surface area contributed by atoms with Gasteiger partial charge in [0.1, 0.15) is 17.1 Å². The Balaban J connectivity index is 1.94. The quantitative estimate of drug-likeness (QED) is 0.767. The van der Waals surface area contributed by atoms with Crippen LogP contribution in [0.3, 0.4) is 0 Å². The number of nitrogens with zero attached hydrogens (tertiary/aromatic N) is 2. The van der Waals surface area contributed by atoms with Gasteiger partial charge in [-0.25, -0.2) is 4.98 Å². The fourth-order valence-electron chi connectivity index (χ4n) is 3.47. The highest BCUT2D eigenvalue weighted by molar-refractivity contribution is 5.87. The first-order valence-electron chi connectivity index (χ1n) is 8.42. The summed E-state index contributed by atoms with van der Waals surface area (Å²) < 4.78 is 8.17. The van der Waals surface area contributed by atoms with Gasteiger partial charge in [-0.2, -0.15) is 0 Å². The van der Waals surface area contributed by atoms with Crippen LogP contribution in [0, 0.1) is 6.92 Å². The van der Waals surface area contributed by atoms with Crippen molar-refractivity contribution in [2.24, 2.45) is 11.5 Å². The molecule has 0 radical (unpaired) electrons. The van der Waals surface area contributed by atoms with Gasteiger partial charge >= 0.3 is 0 Å². The van der Waals surface area contributed by atoms with Crippen molar-refractivity contribution in [2.45, 2.75) is 38.6 Å². The van der Waals surface area contributed by atoms with Crippen molar-refractivity contribution in [3.63, 3.8) is 0 Å². The lowest BCUT2D eigenvalue weighted by molar-refractivity contribution is 0.398. The summed E-state index contributed by atoms with van der Waals surface area (Å²) in [6.07, 6.45) is 6.97. The van der Waals surface area contributed by atoms with E-state index in [-0.39, 0.29) is 0 Å². The molecule has 0 amide bonds. The topological polar surface area (TPSA) is 83.0 Å². The van der Waals surface area contributed by atoms with Crippen LogP contribution in [0.1, 0.15) is 42.3 Å². The van der Waals surface area contributed by atoms with Crippen LogP contribution in [0.15, 0.2) is 34.9 Å². The second kappa shape index (κ2) is 5.83. The Kier molecular flexibility index (Phi) is 3.65. The van der Waals surface area contributed by atoms with Gasteiger partial charge in [0.2, 0.25) is 0 Å². The first kappa shape index (κ1) is 15.0. The van der Waals surface area contributed by atoms with E-state index in [1.807, 2.05) is 29.0 Å². The molecule has 3 aromatic rings. The number of rotatable bonds is 4. The van der Waals surface area contributed by atoms with Crippen LogP contribution in [0.25, 0.3) is 28.6 Å². The average molecular weight is 322 g/mol. The molecule has 5 nitrogen and oxygen atoms in total. The van der Waals surface area contributed by atoms with Gasteiger partial charge in [0.15, 0.2) is 5.76 Å². The lowest BCUT2D eigenvalue weighted by Crippen LogP contribution is -2.15. The summed E-state index contributed by atoms with van der Waals surface area (Å²) in [4.78, 5) is 4.93. The van der Waals surface area contributed by atoms with E-state index in [4.69, 9.17) is 20.9 Å². The Labute approximate surface area is 141 Å². The summed E-state index contributed by atoms with van der Waals surface area (Å²) in [6, 6.07) is 8.06. The molecule has 1 fully saturated rings. The normalized spacial score (nSPS) is 15.4. The molecular weight excluding hydrogens is 300 g/mol. The number of para-hydroxylation sites is 1. The molecule has 0 atom stereocenters. The predicted octanol–water partition coefficient (Wildman–Crippen LogP) is 3.72. The molecule has 5 heteroatoms. The second-order valence-corrected chi connectivity index (χ2v) is 6.36. The number of aryl methyl sites for hydroxylation is 1. The highest BCUT2D eigenvalue weighted by Crippen LogP contribution is 2.40. The van der Waals surface area contributed by atoms with Crippen molar-refractivity contribution in [3.8, 4) is 11.5 Å². The van der Waals surface area contributed by atoms with Gasteiger partial charge < -0.3 is 20.5 Å². The van der Waals surface area contributed by atoms with Crippen molar-refractivity contribution in [2.75, 3.05) is 0 Å². The van der Waals surface area contributed by atoms with Gasteiger partial charge in [0, 0.05) is 35.8 Å². The first-order valence-corrected chi connectivity index (χ1v) is 8.42. The molecule has 1 aliphatic carbocycles. The Bertz CT molecular complexity index is 915. The van der Waals surface area contributed by atoms with Crippen LogP contribution >= 0.6 is 0 Å². The SMILES string of the molecule is Cc1c(-c2nc(C3CCC3)n(/C=C\N)c2CN)oc2ccccc12. The number of imidazole rings is 1. The first-order chi connectivity index (χ1) is 11.7.